The van der Waals surface area contributed by atoms with Crippen molar-refractivity contribution in [3.8, 4) is 0 Å². The average molecular weight is 926 g/mol. The third kappa shape index (κ3) is 5.08. The van der Waals surface area contributed by atoms with Crippen LogP contribution in [0.5, 0.6) is 0 Å². The fourth-order valence-electron chi connectivity index (χ4n) is 13.8. The van der Waals surface area contributed by atoms with Gasteiger partial charge in [-0.1, -0.05) is 152 Å². The van der Waals surface area contributed by atoms with E-state index in [9.17, 15) is 0 Å². The van der Waals surface area contributed by atoms with Crippen LogP contribution in [0.1, 0.15) is 0 Å². The number of nitrogens with zero attached hydrogens (tertiary/aromatic N) is 5. The van der Waals surface area contributed by atoms with Gasteiger partial charge in [0, 0.05) is 84.1 Å². The lowest BCUT2D eigenvalue weighted by atomic mass is 9.32. The molecule has 0 saturated heterocycles. The van der Waals surface area contributed by atoms with Crippen molar-refractivity contribution in [3.05, 3.63) is 249 Å². The van der Waals surface area contributed by atoms with E-state index in [4.69, 9.17) is 0 Å². The second-order valence-corrected chi connectivity index (χ2v) is 19.9. The molecule has 0 N–H and O–H groups in total. The van der Waals surface area contributed by atoms with Gasteiger partial charge in [-0.15, -0.1) is 0 Å². The Labute approximate surface area is 423 Å². The van der Waals surface area contributed by atoms with Crippen LogP contribution in [-0.4, -0.2) is 17.8 Å². The molecule has 0 radical (unpaired) electrons. The first kappa shape index (κ1) is 39.3. The summed E-state index contributed by atoms with van der Waals surface area (Å²) in [4.78, 5) is 10.1. The van der Waals surface area contributed by atoms with Crippen molar-refractivity contribution in [2.75, 3.05) is 19.6 Å². The summed E-state index contributed by atoms with van der Waals surface area (Å²) in [5.41, 5.74) is 25.9. The molecule has 0 spiro atoms. The predicted octanol–water partition coefficient (Wildman–Crippen LogP) is 13.0. The summed E-state index contributed by atoms with van der Waals surface area (Å²) in [7, 11) is 0. The summed E-state index contributed by atoms with van der Waals surface area (Å²) >= 11 is 0. The van der Waals surface area contributed by atoms with Crippen molar-refractivity contribution in [1.82, 2.24) is 4.40 Å². The normalized spacial score (nSPS) is 13.9. The fourth-order valence-corrected chi connectivity index (χ4v) is 13.8. The zero-order chi connectivity index (χ0) is 47.5. The molecular formula is C66H41B2N5. The van der Waals surface area contributed by atoms with Gasteiger partial charge in [0.25, 0.3) is 13.4 Å². The van der Waals surface area contributed by atoms with E-state index in [1.807, 2.05) is 0 Å². The number of fused-ring (bicyclic) bond motifs is 16. The molecule has 0 amide bonds. The molecule has 17 rings (SSSR count). The second kappa shape index (κ2) is 14.6. The van der Waals surface area contributed by atoms with E-state index in [0.717, 1.165) is 22.7 Å². The van der Waals surface area contributed by atoms with Crippen LogP contribution in [0, 0.1) is 0 Å². The molecule has 5 nitrogen and oxygen atoms in total. The average Bonchev–Trinajstić information content (AvgIpc) is 3.99. The van der Waals surface area contributed by atoms with Crippen LogP contribution < -0.4 is 52.4 Å². The Morgan fingerprint density at radius 3 is 1.27 bits per heavy atom. The van der Waals surface area contributed by atoms with Gasteiger partial charge in [-0.3, -0.25) is 0 Å². The predicted molar refractivity (Wildman–Crippen MR) is 309 cm³/mol. The standard InChI is InChI=1S/C66H41B2N5/c1-5-21-42(22-6-1)69-53-33-17-14-30-49(53)67-51-40-39-47-60-63-59(71(44-25-9-3-10-26-44)57-37-19-36-56-62(57)68(63)50-31-15-18-34-54(50)70(56)43-23-7-2-8-24-43)41-48-46-29-13-16-32-52(46)73(64(48)60)65(47)66(51)72(45-27-11-4-12-28-45)58-38-20-35-55(69)61(58)67/h1-41H. The van der Waals surface area contributed by atoms with Crippen LogP contribution in [0.15, 0.2) is 249 Å². The maximum absolute atomic E-state index is 2.66. The number of hydrogen-bond donors (Lipinski definition) is 0. The van der Waals surface area contributed by atoms with E-state index < -0.39 is 0 Å². The van der Waals surface area contributed by atoms with Crippen molar-refractivity contribution in [2.45, 2.75) is 0 Å². The van der Waals surface area contributed by atoms with Crippen molar-refractivity contribution < 1.29 is 0 Å². The lowest BCUT2D eigenvalue weighted by molar-refractivity contribution is 1.25. The zero-order valence-corrected chi connectivity index (χ0v) is 39.6. The van der Waals surface area contributed by atoms with E-state index in [1.54, 1.807) is 0 Å². The maximum atomic E-state index is 2.66. The number of para-hydroxylation sites is 7. The molecule has 6 heterocycles. The minimum absolute atomic E-state index is 0.0187. The highest BCUT2D eigenvalue weighted by molar-refractivity contribution is 7.02. The Morgan fingerprint density at radius 2 is 0.699 bits per heavy atom. The molecule has 0 aliphatic carbocycles. The molecule has 4 aliphatic heterocycles. The van der Waals surface area contributed by atoms with E-state index in [2.05, 4.69) is 273 Å². The van der Waals surface area contributed by atoms with Gasteiger partial charge in [0.1, 0.15) is 0 Å². The summed E-state index contributed by atoms with van der Waals surface area (Å²) in [6, 6.07) is 92.7. The van der Waals surface area contributed by atoms with E-state index in [-0.39, 0.29) is 13.4 Å². The van der Waals surface area contributed by atoms with E-state index in [0.29, 0.717) is 0 Å². The van der Waals surface area contributed by atoms with E-state index >= 15 is 0 Å². The molecule has 336 valence electrons. The SMILES string of the molecule is c1ccc(N2c3ccccc3B3c4c2cccc4N(c2ccccc2)c2cc4c5ccccc5n5c6c7c(ccc6c(c23)c45)B2c3ccccc3N(c3ccccc3)c3cccc(c32)N7c2ccccc2)cc1. The smallest absolute Gasteiger partial charge is 0.253 e. The molecule has 0 unspecified atom stereocenters. The van der Waals surface area contributed by atoms with Crippen molar-refractivity contribution in [3.63, 3.8) is 0 Å². The topological polar surface area (TPSA) is 17.4 Å². The number of anilines is 12. The highest BCUT2D eigenvalue weighted by Gasteiger charge is 2.48. The molecule has 13 aromatic rings. The van der Waals surface area contributed by atoms with Crippen LogP contribution in [0.25, 0.3) is 38.1 Å². The minimum Gasteiger partial charge on any atom is -0.311 e. The summed E-state index contributed by atoms with van der Waals surface area (Å²) in [6.45, 7) is -0.0809. The van der Waals surface area contributed by atoms with Crippen LogP contribution in [0.3, 0.4) is 0 Å². The second-order valence-electron chi connectivity index (χ2n) is 19.9. The molecule has 0 bridgehead atoms. The van der Waals surface area contributed by atoms with Gasteiger partial charge in [-0.2, -0.15) is 0 Å². The number of benzene rings is 11. The summed E-state index contributed by atoms with van der Waals surface area (Å²) in [5.74, 6) is 0. The molecule has 0 fully saturated rings. The lowest BCUT2D eigenvalue weighted by Gasteiger charge is -2.44. The van der Waals surface area contributed by atoms with Crippen LogP contribution in [0.2, 0.25) is 0 Å². The zero-order valence-electron chi connectivity index (χ0n) is 39.6. The lowest BCUT2D eigenvalue weighted by Crippen LogP contribution is -2.61. The highest BCUT2D eigenvalue weighted by atomic mass is 15.2. The Balaban J connectivity index is 1.05. The fraction of sp³-hybridized carbons (Fsp3) is 0. The summed E-state index contributed by atoms with van der Waals surface area (Å²) < 4.78 is 2.66. The molecule has 73 heavy (non-hydrogen) atoms. The first-order chi connectivity index (χ1) is 36.3. The Bertz CT molecular complexity index is 4430. The molecule has 7 heteroatoms. The van der Waals surface area contributed by atoms with E-state index in [1.165, 1.54) is 116 Å². The van der Waals surface area contributed by atoms with Gasteiger partial charge in [0.05, 0.1) is 22.2 Å². The van der Waals surface area contributed by atoms with Gasteiger partial charge in [0.15, 0.2) is 0 Å². The molecular weight excluding hydrogens is 884 g/mol. The van der Waals surface area contributed by atoms with Crippen molar-refractivity contribution >= 4 is 153 Å². The number of hydrogen-bond acceptors (Lipinski definition) is 4. The number of rotatable bonds is 4. The minimum atomic E-state index is -0.0622. The van der Waals surface area contributed by atoms with Gasteiger partial charge < -0.3 is 24.0 Å². The molecule has 2 aromatic heterocycles. The Morgan fingerprint density at radius 1 is 0.260 bits per heavy atom. The molecule has 11 aromatic carbocycles. The summed E-state index contributed by atoms with van der Waals surface area (Å²) in [5, 5.41) is 5.08. The third-order valence-electron chi connectivity index (χ3n) is 16.4. The maximum Gasteiger partial charge on any atom is 0.253 e. The Hall–Kier alpha value is -9.45. The monoisotopic (exact) mass is 925 g/mol. The van der Waals surface area contributed by atoms with Crippen molar-refractivity contribution in [2.24, 2.45) is 0 Å². The van der Waals surface area contributed by atoms with Crippen LogP contribution in [-0.2, 0) is 0 Å². The third-order valence-corrected chi connectivity index (χ3v) is 16.4. The molecule has 0 atom stereocenters. The quantitative estimate of drug-likeness (QED) is 0.164. The van der Waals surface area contributed by atoms with Crippen LogP contribution >= 0.6 is 0 Å². The molecule has 4 aliphatic rings. The van der Waals surface area contributed by atoms with Crippen molar-refractivity contribution in [1.29, 1.82) is 0 Å². The highest BCUT2D eigenvalue weighted by Crippen LogP contribution is 2.52. The van der Waals surface area contributed by atoms with Gasteiger partial charge >= 0.3 is 0 Å². The van der Waals surface area contributed by atoms with Gasteiger partial charge in [0.2, 0.25) is 0 Å². The van der Waals surface area contributed by atoms with Gasteiger partial charge in [-0.25, -0.2) is 0 Å². The first-order valence-electron chi connectivity index (χ1n) is 25.4. The van der Waals surface area contributed by atoms with Crippen LogP contribution in [0.4, 0.5) is 68.2 Å². The summed E-state index contributed by atoms with van der Waals surface area (Å²) in [6.07, 6.45) is 0. The molecule has 0 saturated carbocycles. The number of aromatic nitrogens is 1. The largest absolute Gasteiger partial charge is 0.311 e. The Kier molecular flexibility index (Phi) is 7.84. The van der Waals surface area contributed by atoms with Gasteiger partial charge in [-0.05, 0) is 130 Å². The first-order valence-corrected chi connectivity index (χ1v) is 25.4.